The van der Waals surface area contributed by atoms with E-state index in [1.54, 1.807) is 0 Å². The monoisotopic (exact) mass is 211 g/mol. The lowest BCUT2D eigenvalue weighted by molar-refractivity contribution is 0.123. The van der Waals surface area contributed by atoms with E-state index < -0.39 is 0 Å². The van der Waals surface area contributed by atoms with Gasteiger partial charge in [-0.2, -0.15) is 0 Å². The molecule has 1 unspecified atom stereocenters. The summed E-state index contributed by atoms with van der Waals surface area (Å²) < 4.78 is 0. The summed E-state index contributed by atoms with van der Waals surface area (Å²) in [5.41, 5.74) is 0. The Kier molecular flexibility index (Phi) is 5.66. The van der Waals surface area contributed by atoms with Gasteiger partial charge in [0.1, 0.15) is 0 Å². The van der Waals surface area contributed by atoms with Gasteiger partial charge in [0.25, 0.3) is 0 Å². The van der Waals surface area contributed by atoms with E-state index in [2.05, 4.69) is 32.6 Å². The highest BCUT2D eigenvalue weighted by molar-refractivity contribution is 4.77. The molecule has 0 amide bonds. The molecule has 1 aliphatic heterocycles. The summed E-state index contributed by atoms with van der Waals surface area (Å²) in [6.07, 6.45) is 7.09. The van der Waals surface area contributed by atoms with Gasteiger partial charge < -0.3 is 4.90 Å². The van der Waals surface area contributed by atoms with Crippen molar-refractivity contribution in [2.75, 3.05) is 13.1 Å². The molecule has 1 aliphatic rings. The van der Waals surface area contributed by atoms with Crippen LogP contribution < -0.4 is 0 Å². The zero-order valence-corrected chi connectivity index (χ0v) is 11.1. The van der Waals surface area contributed by atoms with Gasteiger partial charge in [0, 0.05) is 6.04 Å². The lowest BCUT2D eigenvalue weighted by Gasteiger charge is -2.37. The summed E-state index contributed by atoms with van der Waals surface area (Å²) in [7, 11) is 0. The van der Waals surface area contributed by atoms with E-state index in [0.717, 1.165) is 17.9 Å². The fourth-order valence-electron chi connectivity index (χ4n) is 2.59. The second-order valence-electron chi connectivity index (χ2n) is 6.00. The Morgan fingerprint density at radius 1 is 1.07 bits per heavy atom. The van der Waals surface area contributed by atoms with Crippen molar-refractivity contribution in [1.29, 1.82) is 0 Å². The van der Waals surface area contributed by atoms with Crippen LogP contribution in [0, 0.1) is 11.8 Å². The van der Waals surface area contributed by atoms with Crippen LogP contribution in [-0.4, -0.2) is 24.0 Å². The molecule has 1 fully saturated rings. The Hall–Kier alpha value is -0.0400. The number of piperidine rings is 1. The van der Waals surface area contributed by atoms with Crippen molar-refractivity contribution in [1.82, 2.24) is 4.90 Å². The van der Waals surface area contributed by atoms with Crippen molar-refractivity contribution < 1.29 is 0 Å². The summed E-state index contributed by atoms with van der Waals surface area (Å²) in [6.45, 7) is 12.1. The quantitative estimate of drug-likeness (QED) is 0.666. The zero-order chi connectivity index (χ0) is 11.3. The molecular formula is C14H29N. The first-order chi connectivity index (χ1) is 7.09. The molecule has 0 aromatic rings. The maximum absolute atomic E-state index is 2.75. The largest absolute Gasteiger partial charge is 0.300 e. The average molecular weight is 211 g/mol. The fourth-order valence-corrected chi connectivity index (χ4v) is 2.59. The van der Waals surface area contributed by atoms with E-state index in [0.29, 0.717) is 0 Å². The standard InChI is InChI=1S/C14H29N/c1-12(2)8-10-15-9-6-5-7-14(15)11-13(3)4/h12-14H,5-11H2,1-4H3. The molecule has 0 aromatic carbocycles. The van der Waals surface area contributed by atoms with Crippen LogP contribution in [0.3, 0.4) is 0 Å². The molecule has 1 nitrogen and oxygen atoms in total. The normalized spacial score (nSPS) is 24.0. The van der Waals surface area contributed by atoms with Crippen LogP contribution in [0.4, 0.5) is 0 Å². The molecule has 1 heteroatoms. The Balaban J connectivity index is 2.35. The average Bonchev–Trinajstić information content (AvgIpc) is 2.15. The molecular weight excluding hydrogens is 182 g/mol. The Morgan fingerprint density at radius 3 is 2.40 bits per heavy atom. The molecule has 0 bridgehead atoms. The van der Waals surface area contributed by atoms with Gasteiger partial charge in [-0.25, -0.2) is 0 Å². The Labute approximate surface area is 96.2 Å². The van der Waals surface area contributed by atoms with Crippen LogP contribution in [0.25, 0.3) is 0 Å². The highest BCUT2D eigenvalue weighted by Crippen LogP contribution is 2.23. The number of rotatable bonds is 5. The third-order valence-electron chi connectivity index (χ3n) is 3.49. The van der Waals surface area contributed by atoms with Crippen LogP contribution in [-0.2, 0) is 0 Å². The first-order valence-electron chi connectivity index (χ1n) is 6.83. The summed E-state index contributed by atoms with van der Waals surface area (Å²) in [4.78, 5) is 2.75. The summed E-state index contributed by atoms with van der Waals surface area (Å²) >= 11 is 0. The predicted molar refractivity (Wildman–Crippen MR) is 68.1 cm³/mol. The minimum atomic E-state index is 0.853. The third kappa shape index (κ3) is 5.01. The minimum Gasteiger partial charge on any atom is -0.300 e. The lowest BCUT2D eigenvalue weighted by Crippen LogP contribution is -2.41. The smallest absolute Gasteiger partial charge is 0.00977 e. The molecule has 1 atom stereocenters. The molecule has 1 rings (SSSR count). The maximum atomic E-state index is 2.75. The second kappa shape index (κ2) is 6.52. The number of likely N-dealkylation sites (tertiary alicyclic amines) is 1. The SMILES string of the molecule is CC(C)CCN1CCCCC1CC(C)C. The molecule has 0 radical (unpaired) electrons. The van der Waals surface area contributed by atoms with Crippen LogP contribution in [0.2, 0.25) is 0 Å². The number of hydrogen-bond donors (Lipinski definition) is 0. The van der Waals surface area contributed by atoms with Crippen molar-refractivity contribution in [3.63, 3.8) is 0 Å². The van der Waals surface area contributed by atoms with Crippen LogP contribution in [0.15, 0.2) is 0 Å². The van der Waals surface area contributed by atoms with Crippen LogP contribution in [0.1, 0.15) is 59.8 Å². The first-order valence-corrected chi connectivity index (χ1v) is 6.83. The Morgan fingerprint density at radius 2 is 1.80 bits per heavy atom. The van der Waals surface area contributed by atoms with Gasteiger partial charge in [-0.1, -0.05) is 34.1 Å². The zero-order valence-electron chi connectivity index (χ0n) is 11.1. The summed E-state index contributed by atoms with van der Waals surface area (Å²) in [6, 6.07) is 0.887. The van der Waals surface area contributed by atoms with Gasteiger partial charge in [0.2, 0.25) is 0 Å². The van der Waals surface area contributed by atoms with Crippen molar-refractivity contribution in [3.05, 3.63) is 0 Å². The lowest BCUT2D eigenvalue weighted by atomic mass is 9.93. The predicted octanol–water partition coefficient (Wildman–Crippen LogP) is 3.93. The highest BCUT2D eigenvalue weighted by atomic mass is 15.2. The molecule has 0 aromatic heterocycles. The molecule has 15 heavy (non-hydrogen) atoms. The van der Waals surface area contributed by atoms with Gasteiger partial charge in [0.15, 0.2) is 0 Å². The van der Waals surface area contributed by atoms with Crippen molar-refractivity contribution in [2.45, 2.75) is 65.8 Å². The Bertz CT molecular complexity index is 163. The van der Waals surface area contributed by atoms with E-state index in [-0.39, 0.29) is 0 Å². The van der Waals surface area contributed by atoms with Crippen LogP contribution in [0.5, 0.6) is 0 Å². The molecule has 1 heterocycles. The molecule has 0 spiro atoms. The molecule has 90 valence electrons. The highest BCUT2D eigenvalue weighted by Gasteiger charge is 2.22. The second-order valence-corrected chi connectivity index (χ2v) is 6.00. The van der Waals surface area contributed by atoms with Crippen molar-refractivity contribution in [3.8, 4) is 0 Å². The van der Waals surface area contributed by atoms with E-state index in [1.165, 1.54) is 45.2 Å². The topological polar surface area (TPSA) is 3.24 Å². The van der Waals surface area contributed by atoms with E-state index in [1.807, 2.05) is 0 Å². The molecule has 0 aliphatic carbocycles. The number of nitrogens with zero attached hydrogens (tertiary/aromatic N) is 1. The molecule has 1 saturated heterocycles. The molecule has 0 N–H and O–H groups in total. The van der Waals surface area contributed by atoms with Crippen LogP contribution >= 0.6 is 0 Å². The van der Waals surface area contributed by atoms with Gasteiger partial charge in [0.05, 0.1) is 0 Å². The van der Waals surface area contributed by atoms with Gasteiger partial charge >= 0.3 is 0 Å². The summed E-state index contributed by atoms with van der Waals surface area (Å²) in [5.74, 6) is 1.71. The van der Waals surface area contributed by atoms with Gasteiger partial charge in [-0.3, -0.25) is 0 Å². The van der Waals surface area contributed by atoms with Gasteiger partial charge in [-0.05, 0) is 50.6 Å². The fraction of sp³-hybridized carbons (Fsp3) is 1.00. The third-order valence-corrected chi connectivity index (χ3v) is 3.49. The minimum absolute atomic E-state index is 0.853. The van der Waals surface area contributed by atoms with Crippen molar-refractivity contribution >= 4 is 0 Å². The molecule has 0 saturated carbocycles. The van der Waals surface area contributed by atoms with Gasteiger partial charge in [-0.15, -0.1) is 0 Å². The summed E-state index contributed by atoms with van der Waals surface area (Å²) in [5, 5.41) is 0. The van der Waals surface area contributed by atoms with E-state index in [9.17, 15) is 0 Å². The maximum Gasteiger partial charge on any atom is 0.00977 e. The van der Waals surface area contributed by atoms with E-state index >= 15 is 0 Å². The van der Waals surface area contributed by atoms with Crippen molar-refractivity contribution in [2.24, 2.45) is 11.8 Å². The van der Waals surface area contributed by atoms with E-state index in [4.69, 9.17) is 0 Å². The first kappa shape index (κ1) is 13.0. The number of hydrogen-bond acceptors (Lipinski definition) is 1.